The molecule has 0 bridgehead atoms. The van der Waals surface area contributed by atoms with Gasteiger partial charge in [-0.3, -0.25) is 0 Å². The van der Waals surface area contributed by atoms with Crippen molar-refractivity contribution in [1.82, 2.24) is 0 Å². The van der Waals surface area contributed by atoms with Gasteiger partial charge in [0, 0.05) is 0 Å². The van der Waals surface area contributed by atoms with Crippen LogP contribution in [0.25, 0.3) is 0 Å². The maximum Gasteiger partial charge on any atom is 0.419 e. The van der Waals surface area contributed by atoms with E-state index in [-0.39, 0.29) is 5.56 Å². The van der Waals surface area contributed by atoms with E-state index >= 15 is 0 Å². The minimum absolute atomic E-state index is 0.0138. The number of aryl methyl sites for hydroxylation is 1. The molecule has 1 N–H and O–H groups in total. The summed E-state index contributed by atoms with van der Waals surface area (Å²) in [6.45, 7) is 3.24. The molecule has 1 unspecified atom stereocenters. The molecule has 0 spiro atoms. The normalized spacial score (nSPS) is 14.8. The second-order valence-electron chi connectivity index (χ2n) is 5.13. The van der Waals surface area contributed by atoms with Crippen LogP contribution in [0.2, 0.25) is 0 Å². The van der Waals surface area contributed by atoms with Gasteiger partial charge in [-0.05, 0) is 37.1 Å². The summed E-state index contributed by atoms with van der Waals surface area (Å²) in [7, 11) is 0. The van der Waals surface area contributed by atoms with Crippen molar-refractivity contribution in [3.8, 4) is 0 Å². The average Bonchev–Trinajstić information content (AvgIpc) is 2.38. The molecule has 0 saturated heterocycles. The van der Waals surface area contributed by atoms with E-state index < -0.39 is 23.2 Å². The summed E-state index contributed by atoms with van der Waals surface area (Å²) in [4.78, 5) is 0. The Labute approximate surface area is 119 Å². The van der Waals surface area contributed by atoms with Crippen molar-refractivity contribution in [1.29, 1.82) is 0 Å². The first-order valence-electron chi connectivity index (χ1n) is 6.29. The van der Waals surface area contributed by atoms with Crippen LogP contribution >= 0.6 is 0 Å². The number of benzene rings is 2. The SMILES string of the molecule is Cc1ccc(C(C)(O)c2ccc(F)c(C(F)(F)F)c2)cc1. The Balaban J connectivity index is 2.52. The Morgan fingerprint density at radius 2 is 1.43 bits per heavy atom. The molecule has 0 saturated carbocycles. The lowest BCUT2D eigenvalue weighted by Gasteiger charge is -2.25. The van der Waals surface area contributed by atoms with Crippen LogP contribution < -0.4 is 0 Å². The van der Waals surface area contributed by atoms with E-state index in [1.807, 2.05) is 6.92 Å². The van der Waals surface area contributed by atoms with E-state index in [1.54, 1.807) is 24.3 Å². The summed E-state index contributed by atoms with van der Waals surface area (Å²) in [5.74, 6) is -1.36. The van der Waals surface area contributed by atoms with Gasteiger partial charge in [-0.2, -0.15) is 13.2 Å². The molecule has 21 heavy (non-hydrogen) atoms. The predicted molar refractivity (Wildman–Crippen MR) is 71.3 cm³/mol. The van der Waals surface area contributed by atoms with Crippen molar-refractivity contribution in [3.63, 3.8) is 0 Å². The second kappa shape index (κ2) is 5.15. The maximum atomic E-state index is 13.3. The van der Waals surface area contributed by atoms with E-state index in [4.69, 9.17) is 0 Å². The topological polar surface area (TPSA) is 20.2 Å². The van der Waals surface area contributed by atoms with Gasteiger partial charge in [0.25, 0.3) is 0 Å². The summed E-state index contributed by atoms with van der Waals surface area (Å²) < 4.78 is 51.6. The zero-order valence-corrected chi connectivity index (χ0v) is 11.5. The highest BCUT2D eigenvalue weighted by Gasteiger charge is 2.36. The van der Waals surface area contributed by atoms with E-state index in [0.717, 1.165) is 17.7 Å². The Bertz CT molecular complexity index is 642. The molecule has 1 nitrogen and oxygen atoms in total. The van der Waals surface area contributed by atoms with Gasteiger partial charge < -0.3 is 5.11 Å². The molecular weight excluding hydrogens is 284 g/mol. The van der Waals surface area contributed by atoms with Crippen molar-refractivity contribution < 1.29 is 22.7 Å². The largest absolute Gasteiger partial charge is 0.419 e. The predicted octanol–water partition coefficient (Wildman–Crippen LogP) is 4.41. The van der Waals surface area contributed by atoms with Gasteiger partial charge in [-0.25, -0.2) is 4.39 Å². The van der Waals surface area contributed by atoms with Crippen LogP contribution in [-0.2, 0) is 11.8 Å². The number of halogens is 4. The second-order valence-corrected chi connectivity index (χ2v) is 5.13. The minimum Gasteiger partial charge on any atom is -0.381 e. The molecule has 2 rings (SSSR count). The Morgan fingerprint density at radius 1 is 0.905 bits per heavy atom. The van der Waals surface area contributed by atoms with Crippen LogP contribution in [0.3, 0.4) is 0 Å². The van der Waals surface area contributed by atoms with Crippen molar-refractivity contribution in [2.45, 2.75) is 25.6 Å². The quantitative estimate of drug-likeness (QED) is 0.814. The molecule has 112 valence electrons. The molecule has 0 amide bonds. The summed E-state index contributed by atoms with van der Waals surface area (Å²) >= 11 is 0. The maximum absolute atomic E-state index is 13.3. The van der Waals surface area contributed by atoms with Gasteiger partial charge in [0.15, 0.2) is 0 Å². The third-order valence-electron chi connectivity index (χ3n) is 3.45. The van der Waals surface area contributed by atoms with Crippen LogP contribution in [0.1, 0.15) is 29.2 Å². The first-order valence-corrected chi connectivity index (χ1v) is 6.29. The van der Waals surface area contributed by atoms with Crippen molar-refractivity contribution in [2.75, 3.05) is 0 Å². The molecule has 0 aliphatic carbocycles. The van der Waals surface area contributed by atoms with Crippen molar-refractivity contribution in [3.05, 3.63) is 70.5 Å². The fourth-order valence-corrected chi connectivity index (χ4v) is 2.09. The fraction of sp³-hybridized carbons (Fsp3) is 0.250. The molecule has 0 aliphatic heterocycles. The molecule has 1 atom stereocenters. The van der Waals surface area contributed by atoms with Crippen LogP contribution in [0.4, 0.5) is 17.6 Å². The lowest BCUT2D eigenvalue weighted by Crippen LogP contribution is -2.24. The molecule has 5 heteroatoms. The lowest BCUT2D eigenvalue weighted by molar-refractivity contribution is -0.140. The number of rotatable bonds is 2. The summed E-state index contributed by atoms with van der Waals surface area (Å²) in [6.07, 6.45) is -4.80. The molecule has 0 aromatic heterocycles. The van der Waals surface area contributed by atoms with Crippen molar-refractivity contribution >= 4 is 0 Å². The van der Waals surface area contributed by atoms with Crippen LogP contribution in [0.15, 0.2) is 42.5 Å². The molecular formula is C16H14F4O. The highest BCUT2D eigenvalue weighted by Crippen LogP contribution is 2.36. The monoisotopic (exact) mass is 298 g/mol. The van der Waals surface area contributed by atoms with Crippen LogP contribution in [0.5, 0.6) is 0 Å². The van der Waals surface area contributed by atoms with E-state index in [2.05, 4.69) is 0 Å². The molecule has 0 radical (unpaired) electrons. The third-order valence-corrected chi connectivity index (χ3v) is 3.45. The Morgan fingerprint density at radius 3 is 1.95 bits per heavy atom. The molecule has 0 heterocycles. The minimum atomic E-state index is -4.80. The third kappa shape index (κ3) is 3.08. The highest BCUT2D eigenvalue weighted by atomic mass is 19.4. The fourth-order valence-electron chi connectivity index (χ4n) is 2.09. The summed E-state index contributed by atoms with van der Waals surface area (Å²) in [5.41, 5.74) is -1.63. The smallest absolute Gasteiger partial charge is 0.381 e. The zero-order chi connectivity index (χ0) is 15.8. The average molecular weight is 298 g/mol. The first-order chi connectivity index (χ1) is 9.62. The Hall–Kier alpha value is -1.88. The van der Waals surface area contributed by atoms with Crippen LogP contribution in [0, 0.1) is 12.7 Å². The number of alkyl halides is 3. The molecule has 2 aromatic carbocycles. The highest BCUT2D eigenvalue weighted by molar-refractivity contribution is 5.39. The van der Waals surface area contributed by atoms with Gasteiger partial charge in [-0.1, -0.05) is 35.9 Å². The van der Waals surface area contributed by atoms with Gasteiger partial charge in [0.2, 0.25) is 0 Å². The standard InChI is InChI=1S/C16H14F4O/c1-10-3-5-11(6-4-10)15(2,21)12-7-8-14(17)13(9-12)16(18,19)20/h3-9,21H,1-2H3. The van der Waals surface area contributed by atoms with E-state index in [0.29, 0.717) is 11.6 Å². The number of hydrogen-bond donors (Lipinski definition) is 1. The molecule has 0 fully saturated rings. The zero-order valence-electron chi connectivity index (χ0n) is 11.5. The number of aliphatic hydroxyl groups is 1. The molecule has 2 aromatic rings. The first kappa shape index (κ1) is 15.5. The van der Waals surface area contributed by atoms with Gasteiger partial charge in [-0.15, -0.1) is 0 Å². The summed E-state index contributed by atoms with van der Waals surface area (Å²) in [6, 6.07) is 9.29. The van der Waals surface area contributed by atoms with Gasteiger partial charge in [0.1, 0.15) is 11.4 Å². The van der Waals surface area contributed by atoms with Gasteiger partial charge in [0.05, 0.1) is 5.56 Å². The summed E-state index contributed by atoms with van der Waals surface area (Å²) in [5, 5.41) is 10.5. The van der Waals surface area contributed by atoms with Crippen LogP contribution in [-0.4, -0.2) is 5.11 Å². The van der Waals surface area contributed by atoms with Crippen molar-refractivity contribution in [2.24, 2.45) is 0 Å². The molecule has 0 aliphatic rings. The number of hydrogen-bond acceptors (Lipinski definition) is 1. The van der Waals surface area contributed by atoms with E-state index in [9.17, 15) is 22.7 Å². The lowest BCUT2D eigenvalue weighted by atomic mass is 9.87. The Kier molecular flexibility index (Phi) is 3.80. The van der Waals surface area contributed by atoms with E-state index in [1.165, 1.54) is 6.92 Å². The van der Waals surface area contributed by atoms with Gasteiger partial charge >= 0.3 is 6.18 Å².